The Balaban J connectivity index is 1.71. The van der Waals surface area contributed by atoms with Gasteiger partial charge in [-0.15, -0.1) is 0 Å². The normalized spacial score (nSPS) is 9.92. The molecular formula is C33H16N6. The summed E-state index contributed by atoms with van der Waals surface area (Å²) in [5.41, 5.74) is 5.75. The number of fused-ring (bicyclic) bond motifs is 1. The molecule has 178 valence electrons. The van der Waals surface area contributed by atoms with Crippen LogP contribution < -0.4 is 4.90 Å². The molecule has 5 aromatic rings. The van der Waals surface area contributed by atoms with E-state index in [0.717, 1.165) is 33.3 Å². The van der Waals surface area contributed by atoms with Crippen LogP contribution in [0.15, 0.2) is 97.1 Å². The van der Waals surface area contributed by atoms with Crippen molar-refractivity contribution in [2.75, 3.05) is 4.90 Å². The van der Waals surface area contributed by atoms with Crippen LogP contribution in [0.4, 0.5) is 22.7 Å². The van der Waals surface area contributed by atoms with E-state index < -0.39 is 0 Å². The summed E-state index contributed by atoms with van der Waals surface area (Å²) in [6.45, 7) is 7.36. The summed E-state index contributed by atoms with van der Waals surface area (Å²) in [5, 5.41) is 39.8. The van der Waals surface area contributed by atoms with Crippen LogP contribution in [0.2, 0.25) is 0 Å². The van der Waals surface area contributed by atoms with E-state index in [2.05, 4.69) is 29.1 Å². The van der Waals surface area contributed by atoms with Gasteiger partial charge in [0.15, 0.2) is 5.69 Å². The maximum absolute atomic E-state index is 9.69. The third-order valence-electron chi connectivity index (χ3n) is 6.40. The summed E-state index contributed by atoms with van der Waals surface area (Å²) in [7, 11) is 0. The van der Waals surface area contributed by atoms with E-state index in [0.29, 0.717) is 22.5 Å². The zero-order chi connectivity index (χ0) is 27.4. The van der Waals surface area contributed by atoms with Crippen LogP contribution in [-0.4, -0.2) is 0 Å². The zero-order valence-electron chi connectivity index (χ0n) is 20.4. The van der Waals surface area contributed by atoms with Crippen molar-refractivity contribution in [2.45, 2.75) is 0 Å². The monoisotopic (exact) mass is 496 g/mol. The molecule has 0 amide bonds. The van der Waals surface area contributed by atoms with E-state index in [1.807, 2.05) is 59.5 Å². The van der Waals surface area contributed by atoms with Gasteiger partial charge in [0.2, 0.25) is 0 Å². The summed E-state index contributed by atoms with van der Waals surface area (Å²) in [6.07, 6.45) is 0. The fourth-order valence-electron chi connectivity index (χ4n) is 4.57. The molecule has 0 unspecified atom stereocenters. The van der Waals surface area contributed by atoms with E-state index in [1.165, 1.54) is 0 Å². The molecule has 0 saturated heterocycles. The van der Waals surface area contributed by atoms with Crippen molar-refractivity contribution in [1.82, 2.24) is 0 Å². The second-order valence-corrected chi connectivity index (χ2v) is 8.62. The molecule has 0 N–H and O–H groups in total. The Morgan fingerprint density at radius 1 is 0.564 bits per heavy atom. The molecule has 0 heterocycles. The standard InChI is InChI=1S/C33H16N6/c1-38-28-15-22(18-34)14-26(16-28)23-6-10-29(11-7-23)39(30-12-8-24(19-35)27(17-30)21-37)33-13-9-25(20-36)31-4-2-3-5-32(31)33/h2-17H. The summed E-state index contributed by atoms with van der Waals surface area (Å²) < 4.78 is 0. The van der Waals surface area contributed by atoms with Crippen molar-refractivity contribution >= 4 is 33.5 Å². The van der Waals surface area contributed by atoms with Crippen molar-refractivity contribution in [3.63, 3.8) is 0 Å². The third-order valence-corrected chi connectivity index (χ3v) is 6.40. The lowest BCUT2D eigenvalue weighted by Crippen LogP contribution is -2.11. The molecule has 0 bridgehead atoms. The van der Waals surface area contributed by atoms with Crippen LogP contribution >= 0.6 is 0 Å². The van der Waals surface area contributed by atoms with Crippen LogP contribution in [0.3, 0.4) is 0 Å². The first kappa shape index (κ1) is 24.3. The number of hydrogen-bond acceptors (Lipinski definition) is 5. The van der Waals surface area contributed by atoms with E-state index in [1.54, 1.807) is 42.5 Å². The van der Waals surface area contributed by atoms with E-state index >= 15 is 0 Å². The molecule has 5 aromatic carbocycles. The lowest BCUT2D eigenvalue weighted by molar-refractivity contribution is 1.28. The van der Waals surface area contributed by atoms with Gasteiger partial charge in [0, 0.05) is 27.7 Å². The summed E-state index contributed by atoms with van der Waals surface area (Å²) >= 11 is 0. The highest BCUT2D eigenvalue weighted by atomic mass is 15.1. The zero-order valence-corrected chi connectivity index (χ0v) is 20.4. The molecule has 0 radical (unpaired) electrons. The Hall–Kier alpha value is -6.39. The molecule has 0 aliphatic carbocycles. The molecule has 39 heavy (non-hydrogen) atoms. The molecule has 0 atom stereocenters. The van der Waals surface area contributed by atoms with E-state index in [-0.39, 0.29) is 11.1 Å². The Bertz CT molecular complexity index is 1940. The second-order valence-electron chi connectivity index (χ2n) is 8.62. The quantitative estimate of drug-likeness (QED) is 0.234. The minimum atomic E-state index is 0.259. The molecule has 5 rings (SSSR count). The van der Waals surface area contributed by atoms with Gasteiger partial charge in [-0.1, -0.05) is 36.4 Å². The van der Waals surface area contributed by atoms with E-state index in [9.17, 15) is 21.0 Å². The number of rotatable bonds is 4. The first-order valence-electron chi connectivity index (χ1n) is 11.8. The number of nitriles is 4. The average Bonchev–Trinajstić information content (AvgIpc) is 3.01. The molecule has 0 spiro atoms. The van der Waals surface area contributed by atoms with Gasteiger partial charge >= 0.3 is 0 Å². The average molecular weight is 497 g/mol. The smallest absolute Gasteiger partial charge is 0.189 e. The van der Waals surface area contributed by atoms with Gasteiger partial charge in [-0.3, -0.25) is 0 Å². The molecule has 0 aromatic heterocycles. The minimum absolute atomic E-state index is 0.259. The van der Waals surface area contributed by atoms with Crippen molar-refractivity contribution in [2.24, 2.45) is 0 Å². The first-order valence-corrected chi connectivity index (χ1v) is 11.8. The van der Waals surface area contributed by atoms with Crippen molar-refractivity contribution in [3.05, 3.63) is 131 Å². The van der Waals surface area contributed by atoms with Crippen molar-refractivity contribution < 1.29 is 0 Å². The van der Waals surface area contributed by atoms with Gasteiger partial charge in [0.05, 0.1) is 41.1 Å². The first-order chi connectivity index (χ1) is 19.1. The highest BCUT2D eigenvalue weighted by Gasteiger charge is 2.18. The molecule has 0 aliphatic heterocycles. The summed E-state index contributed by atoms with van der Waals surface area (Å²) in [5.74, 6) is 0. The van der Waals surface area contributed by atoms with Gasteiger partial charge in [0.25, 0.3) is 0 Å². The fourth-order valence-corrected chi connectivity index (χ4v) is 4.57. The molecule has 6 nitrogen and oxygen atoms in total. The number of nitrogens with zero attached hydrogens (tertiary/aromatic N) is 6. The van der Waals surface area contributed by atoms with Crippen LogP contribution in [0.1, 0.15) is 22.3 Å². The predicted molar refractivity (Wildman–Crippen MR) is 149 cm³/mol. The maximum atomic E-state index is 9.69. The summed E-state index contributed by atoms with van der Waals surface area (Å²) in [4.78, 5) is 5.46. The lowest BCUT2D eigenvalue weighted by Gasteiger charge is -2.27. The van der Waals surface area contributed by atoms with Crippen molar-refractivity contribution in [3.8, 4) is 35.4 Å². The van der Waals surface area contributed by atoms with Crippen LogP contribution in [0, 0.1) is 51.9 Å². The summed E-state index contributed by atoms with van der Waals surface area (Å²) in [6, 6.07) is 37.6. The molecule has 6 heteroatoms. The minimum Gasteiger partial charge on any atom is -0.310 e. The highest BCUT2D eigenvalue weighted by molar-refractivity contribution is 6.01. The van der Waals surface area contributed by atoms with Crippen molar-refractivity contribution in [1.29, 1.82) is 21.0 Å². The van der Waals surface area contributed by atoms with Gasteiger partial charge in [-0.05, 0) is 71.8 Å². The fraction of sp³-hybridized carbons (Fsp3) is 0. The highest BCUT2D eigenvalue weighted by Crippen LogP contribution is 2.41. The Labute approximate surface area is 225 Å². The molecule has 0 saturated carbocycles. The van der Waals surface area contributed by atoms with Gasteiger partial charge in [-0.25, -0.2) is 4.85 Å². The number of hydrogen-bond donors (Lipinski definition) is 0. The number of anilines is 3. The SMILES string of the molecule is [C-]#[N+]c1cc(C#N)cc(-c2ccc(N(c3ccc(C#N)c(C#N)c3)c3ccc(C#N)c4ccccc34)cc2)c1. The van der Waals surface area contributed by atoms with Crippen LogP contribution in [0.25, 0.3) is 26.7 Å². The Morgan fingerprint density at radius 2 is 1.23 bits per heavy atom. The Morgan fingerprint density at radius 3 is 1.90 bits per heavy atom. The molecule has 0 fully saturated rings. The lowest BCUT2D eigenvalue weighted by atomic mass is 10.00. The van der Waals surface area contributed by atoms with Crippen LogP contribution in [-0.2, 0) is 0 Å². The predicted octanol–water partition coefficient (Wildman–Crippen LogP) is 8.01. The molecule has 0 aliphatic rings. The van der Waals surface area contributed by atoms with Gasteiger partial charge in [-0.2, -0.15) is 21.0 Å². The maximum Gasteiger partial charge on any atom is 0.189 e. The van der Waals surface area contributed by atoms with Gasteiger partial charge in [0.1, 0.15) is 12.1 Å². The van der Waals surface area contributed by atoms with E-state index in [4.69, 9.17) is 6.57 Å². The number of benzene rings is 5. The third kappa shape index (κ3) is 4.48. The van der Waals surface area contributed by atoms with Gasteiger partial charge < -0.3 is 4.90 Å². The molecular weight excluding hydrogens is 480 g/mol. The largest absolute Gasteiger partial charge is 0.310 e. The Kier molecular flexibility index (Phi) is 6.42. The second kappa shape index (κ2) is 10.3. The topological polar surface area (TPSA) is 103 Å². The van der Waals surface area contributed by atoms with Crippen LogP contribution in [0.5, 0.6) is 0 Å².